The van der Waals surface area contributed by atoms with Crippen LogP contribution in [0, 0.1) is 6.92 Å². The topological polar surface area (TPSA) is 9.23 Å². The molecule has 1 heteroatoms. The minimum atomic E-state index is 0.714. The fraction of sp³-hybridized carbons (Fsp3) is 0.200. The molecule has 0 bridgehead atoms. The molecule has 0 spiro atoms. The van der Waals surface area contributed by atoms with Crippen LogP contribution < -0.4 is 4.74 Å². The third-order valence-electron chi connectivity index (χ3n) is 2.58. The SMILES string of the molecule is CCOc1ccc(-c2ccccc2)cc1C. The lowest BCUT2D eigenvalue weighted by Gasteiger charge is -2.09. The molecule has 0 aliphatic carbocycles. The molecule has 2 aromatic carbocycles. The Kier molecular flexibility index (Phi) is 3.25. The largest absolute Gasteiger partial charge is 0.494 e. The molecule has 0 unspecified atom stereocenters. The quantitative estimate of drug-likeness (QED) is 0.745. The van der Waals surface area contributed by atoms with Gasteiger partial charge < -0.3 is 4.74 Å². The summed E-state index contributed by atoms with van der Waals surface area (Å²) in [6, 6.07) is 16.7. The zero-order chi connectivity index (χ0) is 11.4. The van der Waals surface area contributed by atoms with Gasteiger partial charge >= 0.3 is 0 Å². The molecule has 0 aromatic heterocycles. The number of hydrogen-bond donors (Lipinski definition) is 0. The first-order chi connectivity index (χ1) is 7.81. The minimum Gasteiger partial charge on any atom is -0.494 e. The molecule has 0 saturated carbocycles. The molecule has 1 nitrogen and oxygen atoms in total. The van der Waals surface area contributed by atoms with E-state index in [1.165, 1.54) is 16.7 Å². The fourth-order valence-electron chi connectivity index (χ4n) is 1.78. The summed E-state index contributed by atoms with van der Waals surface area (Å²) in [5.74, 6) is 0.974. The van der Waals surface area contributed by atoms with E-state index in [2.05, 4.69) is 43.3 Å². The van der Waals surface area contributed by atoms with Gasteiger partial charge in [0.2, 0.25) is 0 Å². The van der Waals surface area contributed by atoms with Crippen molar-refractivity contribution in [3.63, 3.8) is 0 Å². The summed E-state index contributed by atoms with van der Waals surface area (Å²) in [5.41, 5.74) is 3.67. The maximum absolute atomic E-state index is 5.53. The summed E-state index contributed by atoms with van der Waals surface area (Å²) in [4.78, 5) is 0. The fourth-order valence-corrected chi connectivity index (χ4v) is 1.78. The van der Waals surface area contributed by atoms with Gasteiger partial charge in [0.1, 0.15) is 5.75 Å². The Balaban J connectivity index is 2.35. The van der Waals surface area contributed by atoms with Gasteiger partial charge in [-0.25, -0.2) is 0 Å². The van der Waals surface area contributed by atoms with Crippen LogP contribution in [0.2, 0.25) is 0 Å². The highest BCUT2D eigenvalue weighted by Crippen LogP contribution is 2.25. The van der Waals surface area contributed by atoms with Gasteiger partial charge in [-0.3, -0.25) is 0 Å². The normalized spacial score (nSPS) is 10.1. The Morgan fingerprint density at radius 1 is 0.938 bits per heavy atom. The molecular weight excluding hydrogens is 196 g/mol. The average molecular weight is 212 g/mol. The number of benzene rings is 2. The third kappa shape index (κ3) is 2.25. The van der Waals surface area contributed by atoms with E-state index in [4.69, 9.17) is 4.74 Å². The van der Waals surface area contributed by atoms with Gasteiger partial charge in [-0.2, -0.15) is 0 Å². The minimum absolute atomic E-state index is 0.714. The van der Waals surface area contributed by atoms with Crippen LogP contribution in [0.1, 0.15) is 12.5 Å². The number of ether oxygens (including phenoxy) is 1. The second-order valence-electron chi connectivity index (χ2n) is 3.78. The summed E-state index contributed by atoms with van der Waals surface area (Å²) < 4.78 is 5.53. The van der Waals surface area contributed by atoms with Crippen molar-refractivity contribution in [2.45, 2.75) is 13.8 Å². The lowest BCUT2D eigenvalue weighted by atomic mass is 10.0. The van der Waals surface area contributed by atoms with Crippen molar-refractivity contribution in [3.8, 4) is 16.9 Å². The van der Waals surface area contributed by atoms with E-state index in [-0.39, 0.29) is 0 Å². The lowest BCUT2D eigenvalue weighted by Crippen LogP contribution is -1.93. The zero-order valence-corrected chi connectivity index (χ0v) is 9.73. The molecule has 0 fully saturated rings. The second kappa shape index (κ2) is 4.84. The van der Waals surface area contributed by atoms with Crippen molar-refractivity contribution in [1.29, 1.82) is 0 Å². The molecule has 0 amide bonds. The highest BCUT2D eigenvalue weighted by molar-refractivity contribution is 5.65. The van der Waals surface area contributed by atoms with Crippen LogP contribution in [0.15, 0.2) is 48.5 Å². The highest BCUT2D eigenvalue weighted by atomic mass is 16.5. The smallest absolute Gasteiger partial charge is 0.122 e. The average Bonchev–Trinajstić information content (AvgIpc) is 2.33. The number of hydrogen-bond acceptors (Lipinski definition) is 1. The third-order valence-corrected chi connectivity index (χ3v) is 2.58. The van der Waals surface area contributed by atoms with E-state index in [0.29, 0.717) is 6.61 Å². The van der Waals surface area contributed by atoms with E-state index in [1.807, 2.05) is 19.1 Å². The molecule has 0 aliphatic rings. The van der Waals surface area contributed by atoms with Crippen molar-refractivity contribution in [2.75, 3.05) is 6.61 Å². The van der Waals surface area contributed by atoms with Gasteiger partial charge in [0.15, 0.2) is 0 Å². The Morgan fingerprint density at radius 3 is 2.31 bits per heavy atom. The molecule has 2 rings (SSSR count). The van der Waals surface area contributed by atoms with Gasteiger partial charge in [0.25, 0.3) is 0 Å². The van der Waals surface area contributed by atoms with E-state index in [9.17, 15) is 0 Å². The van der Waals surface area contributed by atoms with Crippen molar-refractivity contribution in [2.24, 2.45) is 0 Å². The van der Waals surface area contributed by atoms with E-state index >= 15 is 0 Å². The first-order valence-electron chi connectivity index (χ1n) is 5.60. The number of rotatable bonds is 3. The monoisotopic (exact) mass is 212 g/mol. The number of aryl methyl sites for hydroxylation is 1. The molecule has 0 radical (unpaired) electrons. The standard InChI is InChI=1S/C15H16O/c1-3-16-15-10-9-14(11-12(15)2)13-7-5-4-6-8-13/h4-11H,3H2,1-2H3. The lowest BCUT2D eigenvalue weighted by molar-refractivity contribution is 0.338. The molecule has 0 aliphatic heterocycles. The van der Waals surface area contributed by atoms with Crippen molar-refractivity contribution >= 4 is 0 Å². The van der Waals surface area contributed by atoms with Crippen LogP contribution in [-0.2, 0) is 0 Å². The van der Waals surface area contributed by atoms with E-state index in [0.717, 1.165) is 5.75 Å². The van der Waals surface area contributed by atoms with Gasteiger partial charge in [0.05, 0.1) is 6.61 Å². The summed E-state index contributed by atoms with van der Waals surface area (Å²) in [5, 5.41) is 0. The Morgan fingerprint density at radius 2 is 1.69 bits per heavy atom. The first-order valence-corrected chi connectivity index (χ1v) is 5.60. The van der Waals surface area contributed by atoms with Crippen molar-refractivity contribution in [1.82, 2.24) is 0 Å². The van der Waals surface area contributed by atoms with Crippen LogP contribution in [0.5, 0.6) is 5.75 Å². The zero-order valence-electron chi connectivity index (χ0n) is 9.73. The molecule has 0 saturated heterocycles. The van der Waals surface area contributed by atoms with E-state index < -0.39 is 0 Å². The van der Waals surface area contributed by atoms with Crippen LogP contribution >= 0.6 is 0 Å². The van der Waals surface area contributed by atoms with Crippen molar-refractivity contribution < 1.29 is 4.74 Å². The van der Waals surface area contributed by atoms with Crippen LogP contribution in [0.3, 0.4) is 0 Å². The predicted octanol–water partition coefficient (Wildman–Crippen LogP) is 4.06. The highest BCUT2D eigenvalue weighted by Gasteiger charge is 2.01. The van der Waals surface area contributed by atoms with Gasteiger partial charge in [-0.1, -0.05) is 36.4 Å². The summed E-state index contributed by atoms with van der Waals surface area (Å²) in [7, 11) is 0. The van der Waals surface area contributed by atoms with Crippen LogP contribution in [0.25, 0.3) is 11.1 Å². The summed E-state index contributed by atoms with van der Waals surface area (Å²) in [6.07, 6.45) is 0. The second-order valence-corrected chi connectivity index (χ2v) is 3.78. The predicted molar refractivity (Wildman–Crippen MR) is 67.8 cm³/mol. The molecule has 0 heterocycles. The molecule has 16 heavy (non-hydrogen) atoms. The summed E-state index contributed by atoms with van der Waals surface area (Å²) in [6.45, 7) is 4.80. The molecular formula is C15H16O. The molecule has 2 aromatic rings. The Labute approximate surface area is 96.7 Å². The molecule has 82 valence electrons. The van der Waals surface area contributed by atoms with Gasteiger partial charge in [-0.05, 0) is 42.7 Å². The van der Waals surface area contributed by atoms with Crippen LogP contribution in [0.4, 0.5) is 0 Å². The Hall–Kier alpha value is -1.76. The van der Waals surface area contributed by atoms with Gasteiger partial charge in [0, 0.05) is 0 Å². The molecule has 0 N–H and O–H groups in total. The Bertz CT molecular complexity index is 460. The maximum atomic E-state index is 5.53. The van der Waals surface area contributed by atoms with Gasteiger partial charge in [-0.15, -0.1) is 0 Å². The maximum Gasteiger partial charge on any atom is 0.122 e. The van der Waals surface area contributed by atoms with Crippen LogP contribution in [-0.4, -0.2) is 6.61 Å². The van der Waals surface area contributed by atoms with E-state index in [1.54, 1.807) is 0 Å². The summed E-state index contributed by atoms with van der Waals surface area (Å²) >= 11 is 0. The van der Waals surface area contributed by atoms with Crippen molar-refractivity contribution in [3.05, 3.63) is 54.1 Å². The molecule has 0 atom stereocenters. The first kappa shape index (κ1) is 10.7.